The molecule has 4 nitrogen and oxygen atoms in total. The van der Waals surface area contributed by atoms with Crippen LogP contribution in [0.15, 0.2) is 30.3 Å². The lowest BCUT2D eigenvalue weighted by Gasteiger charge is -2.17. The number of hydrogen-bond acceptors (Lipinski definition) is 3. The predicted molar refractivity (Wildman–Crippen MR) is 68.9 cm³/mol. The third-order valence-electron chi connectivity index (χ3n) is 2.61. The van der Waals surface area contributed by atoms with Crippen molar-refractivity contribution < 1.29 is 14.3 Å². The Kier molecular flexibility index (Phi) is 5.36. The highest BCUT2D eigenvalue weighted by Gasteiger charge is 2.22. The molecule has 0 bridgehead atoms. The minimum Gasteiger partial charge on any atom is -0.467 e. The molecule has 4 heteroatoms. The quantitative estimate of drug-likeness (QED) is 0.805. The molecule has 1 aromatic carbocycles. The Morgan fingerprint density at radius 2 is 1.83 bits per heavy atom. The molecule has 98 valence electrons. The van der Waals surface area contributed by atoms with Crippen molar-refractivity contribution in [2.75, 3.05) is 7.11 Å². The Balaban J connectivity index is 2.73. The van der Waals surface area contributed by atoms with E-state index in [9.17, 15) is 9.59 Å². The standard InChI is InChI=1S/C14H19NO3/c1-10(2)13(16)15-12(14(17)18-3)9-11-7-5-4-6-8-11/h4-8,10,12H,9H2,1-3H3,(H,15,16)/t12-/m1/s1. The molecule has 1 rings (SSSR count). The number of carbonyl (C=O) groups excluding carboxylic acids is 2. The van der Waals surface area contributed by atoms with Crippen molar-refractivity contribution in [2.24, 2.45) is 5.92 Å². The first-order valence-corrected chi connectivity index (χ1v) is 5.96. The summed E-state index contributed by atoms with van der Waals surface area (Å²) in [6, 6.07) is 8.90. The summed E-state index contributed by atoms with van der Waals surface area (Å²) in [5.74, 6) is -0.734. The number of hydrogen-bond donors (Lipinski definition) is 1. The molecule has 0 aromatic heterocycles. The number of esters is 1. The summed E-state index contributed by atoms with van der Waals surface area (Å²) in [5.41, 5.74) is 0.983. The van der Waals surface area contributed by atoms with Crippen LogP contribution < -0.4 is 5.32 Å². The Morgan fingerprint density at radius 1 is 1.22 bits per heavy atom. The Labute approximate surface area is 107 Å². The first kappa shape index (κ1) is 14.2. The van der Waals surface area contributed by atoms with Crippen LogP contribution >= 0.6 is 0 Å². The molecule has 0 saturated carbocycles. The van der Waals surface area contributed by atoms with E-state index in [4.69, 9.17) is 4.74 Å². The molecule has 0 aliphatic carbocycles. The second-order valence-corrected chi connectivity index (χ2v) is 4.43. The summed E-state index contributed by atoms with van der Waals surface area (Å²) >= 11 is 0. The number of ether oxygens (including phenoxy) is 1. The van der Waals surface area contributed by atoms with Crippen LogP contribution in [0.2, 0.25) is 0 Å². The van der Waals surface area contributed by atoms with Gasteiger partial charge in [-0.3, -0.25) is 4.79 Å². The normalized spacial score (nSPS) is 12.0. The van der Waals surface area contributed by atoms with Gasteiger partial charge in [-0.15, -0.1) is 0 Å². The highest BCUT2D eigenvalue weighted by atomic mass is 16.5. The lowest BCUT2D eigenvalue weighted by atomic mass is 10.1. The zero-order valence-corrected chi connectivity index (χ0v) is 11.0. The van der Waals surface area contributed by atoms with Crippen molar-refractivity contribution in [3.8, 4) is 0 Å². The largest absolute Gasteiger partial charge is 0.467 e. The van der Waals surface area contributed by atoms with Gasteiger partial charge >= 0.3 is 5.97 Å². The van der Waals surface area contributed by atoms with Crippen molar-refractivity contribution in [3.05, 3.63) is 35.9 Å². The molecule has 1 atom stereocenters. The minimum absolute atomic E-state index is 0.152. The summed E-state index contributed by atoms with van der Waals surface area (Å²) in [6.45, 7) is 3.57. The molecule has 0 heterocycles. The molecule has 0 radical (unpaired) electrons. The van der Waals surface area contributed by atoms with Gasteiger partial charge in [-0.25, -0.2) is 4.79 Å². The molecule has 0 unspecified atom stereocenters. The summed E-state index contributed by atoms with van der Waals surface area (Å²) in [6.07, 6.45) is 0.436. The average molecular weight is 249 g/mol. The zero-order valence-electron chi connectivity index (χ0n) is 11.0. The van der Waals surface area contributed by atoms with E-state index >= 15 is 0 Å². The summed E-state index contributed by atoms with van der Waals surface area (Å²) in [5, 5.41) is 2.70. The van der Waals surface area contributed by atoms with Gasteiger partial charge in [-0.1, -0.05) is 44.2 Å². The first-order chi connectivity index (χ1) is 8.54. The van der Waals surface area contributed by atoms with E-state index in [0.717, 1.165) is 5.56 Å². The van der Waals surface area contributed by atoms with Gasteiger partial charge in [-0.2, -0.15) is 0 Å². The lowest BCUT2D eigenvalue weighted by Crippen LogP contribution is -2.44. The summed E-state index contributed by atoms with van der Waals surface area (Å²) in [7, 11) is 1.32. The maximum absolute atomic E-state index is 11.6. The monoisotopic (exact) mass is 249 g/mol. The maximum atomic E-state index is 11.6. The number of rotatable bonds is 5. The highest BCUT2D eigenvalue weighted by molar-refractivity contribution is 5.85. The summed E-state index contributed by atoms with van der Waals surface area (Å²) in [4.78, 5) is 23.3. The molecule has 0 aliphatic heterocycles. The zero-order chi connectivity index (χ0) is 13.5. The molecule has 1 amide bonds. The number of carbonyl (C=O) groups is 2. The average Bonchev–Trinajstić information content (AvgIpc) is 2.38. The molecule has 0 aliphatic rings. The molecule has 0 saturated heterocycles. The Bertz CT molecular complexity index is 401. The highest BCUT2D eigenvalue weighted by Crippen LogP contribution is 2.05. The van der Waals surface area contributed by atoms with Gasteiger partial charge in [0, 0.05) is 12.3 Å². The molecule has 1 N–H and O–H groups in total. The number of benzene rings is 1. The third-order valence-corrected chi connectivity index (χ3v) is 2.61. The fourth-order valence-electron chi connectivity index (χ4n) is 1.52. The van der Waals surface area contributed by atoms with Gasteiger partial charge in [0.05, 0.1) is 7.11 Å². The Morgan fingerprint density at radius 3 is 2.33 bits per heavy atom. The van der Waals surface area contributed by atoms with Crippen LogP contribution in [0.1, 0.15) is 19.4 Å². The maximum Gasteiger partial charge on any atom is 0.328 e. The van der Waals surface area contributed by atoms with E-state index in [-0.39, 0.29) is 11.8 Å². The third kappa shape index (κ3) is 4.20. The fraction of sp³-hybridized carbons (Fsp3) is 0.429. The van der Waals surface area contributed by atoms with Crippen molar-refractivity contribution >= 4 is 11.9 Å². The van der Waals surface area contributed by atoms with Crippen molar-refractivity contribution in [3.63, 3.8) is 0 Å². The SMILES string of the molecule is COC(=O)[C@@H](Cc1ccccc1)NC(=O)C(C)C. The molecule has 0 fully saturated rings. The molecule has 18 heavy (non-hydrogen) atoms. The van der Waals surface area contributed by atoms with E-state index in [1.165, 1.54) is 7.11 Å². The first-order valence-electron chi connectivity index (χ1n) is 5.96. The van der Waals surface area contributed by atoms with Crippen molar-refractivity contribution in [2.45, 2.75) is 26.3 Å². The van der Waals surface area contributed by atoms with E-state index < -0.39 is 12.0 Å². The second kappa shape index (κ2) is 6.79. The molecule has 0 spiro atoms. The van der Waals surface area contributed by atoms with Gasteiger partial charge in [0.25, 0.3) is 0 Å². The topological polar surface area (TPSA) is 55.4 Å². The van der Waals surface area contributed by atoms with Gasteiger partial charge in [0.1, 0.15) is 6.04 Å². The second-order valence-electron chi connectivity index (χ2n) is 4.43. The summed E-state index contributed by atoms with van der Waals surface area (Å²) < 4.78 is 4.71. The smallest absolute Gasteiger partial charge is 0.328 e. The Hall–Kier alpha value is -1.84. The van der Waals surface area contributed by atoms with Crippen LogP contribution in [0.5, 0.6) is 0 Å². The molecular weight excluding hydrogens is 230 g/mol. The minimum atomic E-state index is -0.632. The predicted octanol–water partition coefficient (Wildman–Crippen LogP) is 1.54. The molecular formula is C14H19NO3. The molecule has 1 aromatic rings. The fourth-order valence-corrected chi connectivity index (χ4v) is 1.52. The van der Waals surface area contributed by atoms with E-state index in [1.807, 2.05) is 30.3 Å². The number of amides is 1. The van der Waals surface area contributed by atoms with Crippen molar-refractivity contribution in [1.82, 2.24) is 5.32 Å². The van der Waals surface area contributed by atoms with Gasteiger partial charge in [-0.05, 0) is 5.56 Å². The van der Waals surface area contributed by atoms with Gasteiger partial charge in [0.2, 0.25) is 5.91 Å². The van der Waals surface area contributed by atoms with E-state index in [2.05, 4.69) is 5.32 Å². The van der Waals surface area contributed by atoms with Crippen LogP contribution in [-0.2, 0) is 20.7 Å². The van der Waals surface area contributed by atoms with Crippen LogP contribution in [0, 0.1) is 5.92 Å². The van der Waals surface area contributed by atoms with Crippen LogP contribution in [-0.4, -0.2) is 25.0 Å². The van der Waals surface area contributed by atoms with Gasteiger partial charge < -0.3 is 10.1 Å². The van der Waals surface area contributed by atoms with E-state index in [1.54, 1.807) is 13.8 Å². The number of methoxy groups -OCH3 is 1. The van der Waals surface area contributed by atoms with Crippen LogP contribution in [0.25, 0.3) is 0 Å². The van der Waals surface area contributed by atoms with Crippen LogP contribution in [0.3, 0.4) is 0 Å². The van der Waals surface area contributed by atoms with Crippen LogP contribution in [0.4, 0.5) is 0 Å². The van der Waals surface area contributed by atoms with Gasteiger partial charge in [0.15, 0.2) is 0 Å². The van der Waals surface area contributed by atoms with E-state index in [0.29, 0.717) is 6.42 Å². The number of nitrogens with one attached hydrogen (secondary N) is 1. The lowest BCUT2D eigenvalue weighted by molar-refractivity contribution is -0.145. The van der Waals surface area contributed by atoms with Crippen molar-refractivity contribution in [1.29, 1.82) is 0 Å².